The summed E-state index contributed by atoms with van der Waals surface area (Å²) in [6.45, 7) is 0.756. The number of ketones is 1. The minimum atomic E-state index is -0.926. The number of ether oxygens (including phenoxy) is 1. The van der Waals surface area contributed by atoms with Crippen LogP contribution in [0.1, 0.15) is 28.2 Å². The van der Waals surface area contributed by atoms with Crippen molar-refractivity contribution in [2.75, 3.05) is 13.1 Å². The molecule has 2 N–H and O–H groups in total. The Morgan fingerprint density at radius 1 is 1.03 bits per heavy atom. The lowest BCUT2D eigenvalue weighted by Crippen LogP contribution is -2.33. The second-order valence-corrected chi connectivity index (χ2v) is 7.62. The number of imidazole rings is 1. The van der Waals surface area contributed by atoms with Crippen LogP contribution in [0.2, 0.25) is 0 Å². The SMILES string of the molecule is O=C(c1ccc(Oc2ncccc2C2=CCN(C(=O)O)CC2)cc1)c1nc2ccccc2[nH]1. The van der Waals surface area contributed by atoms with E-state index in [2.05, 4.69) is 15.0 Å². The maximum atomic E-state index is 12.8. The zero-order chi connectivity index (χ0) is 22.8. The summed E-state index contributed by atoms with van der Waals surface area (Å²) in [5, 5.41) is 9.15. The van der Waals surface area contributed by atoms with E-state index in [0.717, 1.165) is 22.2 Å². The summed E-state index contributed by atoms with van der Waals surface area (Å²) in [6, 6.07) is 18.0. The van der Waals surface area contributed by atoms with Crippen LogP contribution in [0.25, 0.3) is 16.6 Å². The van der Waals surface area contributed by atoms with E-state index in [0.29, 0.717) is 36.7 Å². The minimum Gasteiger partial charge on any atom is -0.465 e. The van der Waals surface area contributed by atoms with Crippen molar-refractivity contribution in [3.63, 3.8) is 0 Å². The Morgan fingerprint density at radius 3 is 2.58 bits per heavy atom. The van der Waals surface area contributed by atoms with Crippen LogP contribution in [-0.2, 0) is 0 Å². The van der Waals surface area contributed by atoms with Gasteiger partial charge in [0.15, 0.2) is 5.82 Å². The highest BCUT2D eigenvalue weighted by atomic mass is 16.5. The number of pyridine rings is 1. The fraction of sp³-hybridized carbons (Fsp3) is 0.120. The zero-order valence-corrected chi connectivity index (χ0v) is 17.6. The van der Waals surface area contributed by atoms with Gasteiger partial charge >= 0.3 is 6.09 Å². The predicted octanol–water partition coefficient (Wildman–Crippen LogP) is 4.75. The summed E-state index contributed by atoms with van der Waals surface area (Å²) in [7, 11) is 0. The second-order valence-electron chi connectivity index (χ2n) is 7.62. The van der Waals surface area contributed by atoms with Crippen LogP contribution >= 0.6 is 0 Å². The van der Waals surface area contributed by atoms with Gasteiger partial charge in [0, 0.05) is 30.4 Å². The van der Waals surface area contributed by atoms with Gasteiger partial charge in [-0.15, -0.1) is 0 Å². The first-order valence-corrected chi connectivity index (χ1v) is 10.5. The summed E-state index contributed by atoms with van der Waals surface area (Å²) in [5.74, 6) is 1.06. The molecule has 0 unspecified atom stereocenters. The Hall–Kier alpha value is -4.46. The molecule has 3 heterocycles. The normalized spacial score (nSPS) is 13.6. The third-order valence-electron chi connectivity index (χ3n) is 5.53. The van der Waals surface area contributed by atoms with Crippen LogP contribution in [0.15, 0.2) is 72.9 Å². The average Bonchev–Trinajstić information content (AvgIpc) is 3.29. The first-order chi connectivity index (χ1) is 16.1. The Morgan fingerprint density at radius 2 is 1.85 bits per heavy atom. The van der Waals surface area contributed by atoms with E-state index in [9.17, 15) is 9.59 Å². The molecule has 0 bridgehead atoms. The van der Waals surface area contributed by atoms with E-state index < -0.39 is 6.09 Å². The molecule has 2 aromatic carbocycles. The van der Waals surface area contributed by atoms with Crippen molar-refractivity contribution in [3.05, 3.63) is 89.9 Å². The van der Waals surface area contributed by atoms with E-state index in [1.54, 1.807) is 30.5 Å². The number of H-pyrrole nitrogens is 1. The van der Waals surface area contributed by atoms with Gasteiger partial charge in [0.25, 0.3) is 0 Å². The van der Waals surface area contributed by atoms with Gasteiger partial charge in [-0.2, -0.15) is 0 Å². The standard InChI is InChI=1S/C25H20N4O4/c30-22(23-27-20-5-1-2-6-21(20)28-23)17-7-9-18(10-8-17)33-24-19(4-3-13-26-24)16-11-14-29(15-12-16)25(31)32/h1-11,13H,12,14-15H2,(H,27,28)(H,31,32). The van der Waals surface area contributed by atoms with E-state index in [1.165, 1.54) is 4.90 Å². The number of nitrogens with one attached hydrogen (secondary N) is 1. The Bertz CT molecular complexity index is 1340. The monoisotopic (exact) mass is 440 g/mol. The molecule has 0 spiro atoms. The van der Waals surface area contributed by atoms with Crippen molar-refractivity contribution in [2.45, 2.75) is 6.42 Å². The van der Waals surface area contributed by atoms with Gasteiger partial charge in [-0.1, -0.05) is 18.2 Å². The van der Waals surface area contributed by atoms with Gasteiger partial charge in [0.2, 0.25) is 11.7 Å². The molecule has 1 aliphatic rings. The van der Waals surface area contributed by atoms with Crippen LogP contribution < -0.4 is 4.74 Å². The fourth-order valence-corrected chi connectivity index (χ4v) is 3.79. The first kappa shape index (κ1) is 20.4. The molecule has 5 rings (SSSR count). The number of carbonyl (C=O) groups is 2. The van der Waals surface area contributed by atoms with E-state index in [4.69, 9.17) is 9.84 Å². The summed E-state index contributed by atoms with van der Waals surface area (Å²) in [4.78, 5) is 37.1. The average molecular weight is 440 g/mol. The van der Waals surface area contributed by atoms with Crippen molar-refractivity contribution >= 4 is 28.5 Å². The Labute approximate surface area is 189 Å². The lowest BCUT2D eigenvalue weighted by Gasteiger charge is -2.24. The van der Waals surface area contributed by atoms with Gasteiger partial charge in [0.1, 0.15) is 5.75 Å². The van der Waals surface area contributed by atoms with Crippen LogP contribution in [0, 0.1) is 0 Å². The van der Waals surface area contributed by atoms with E-state index in [1.807, 2.05) is 42.5 Å². The number of carbonyl (C=O) groups excluding carboxylic acids is 1. The molecule has 0 fully saturated rings. The number of amides is 1. The molecule has 1 aliphatic heterocycles. The summed E-state index contributed by atoms with van der Waals surface area (Å²) in [6.07, 6.45) is 3.19. The fourth-order valence-electron chi connectivity index (χ4n) is 3.79. The number of hydrogen-bond donors (Lipinski definition) is 2. The largest absolute Gasteiger partial charge is 0.465 e. The highest BCUT2D eigenvalue weighted by molar-refractivity contribution is 6.08. The molecule has 0 aliphatic carbocycles. The summed E-state index contributed by atoms with van der Waals surface area (Å²) in [5.41, 5.74) is 3.86. The third kappa shape index (κ3) is 4.18. The van der Waals surface area contributed by atoms with Gasteiger partial charge in [-0.3, -0.25) is 4.79 Å². The quantitative estimate of drug-likeness (QED) is 0.434. The minimum absolute atomic E-state index is 0.202. The lowest BCUT2D eigenvalue weighted by molar-refractivity contribution is 0.103. The van der Waals surface area contributed by atoms with Crippen molar-refractivity contribution in [1.82, 2.24) is 19.9 Å². The van der Waals surface area contributed by atoms with Crippen molar-refractivity contribution in [1.29, 1.82) is 0 Å². The Balaban J connectivity index is 1.34. The van der Waals surface area contributed by atoms with Gasteiger partial charge in [-0.05, 0) is 60.5 Å². The smallest absolute Gasteiger partial charge is 0.407 e. The molecule has 1 amide bonds. The van der Waals surface area contributed by atoms with Gasteiger partial charge < -0.3 is 19.7 Å². The zero-order valence-electron chi connectivity index (χ0n) is 17.6. The van der Waals surface area contributed by atoms with Crippen LogP contribution in [0.4, 0.5) is 4.79 Å². The number of aromatic nitrogens is 3. The molecule has 0 atom stereocenters. The molecule has 4 aromatic rings. The number of aromatic amines is 1. The highest BCUT2D eigenvalue weighted by Gasteiger charge is 2.20. The van der Waals surface area contributed by atoms with Crippen molar-refractivity contribution < 1.29 is 19.4 Å². The third-order valence-corrected chi connectivity index (χ3v) is 5.53. The topological polar surface area (TPSA) is 108 Å². The van der Waals surface area contributed by atoms with Crippen LogP contribution in [0.5, 0.6) is 11.6 Å². The number of rotatable bonds is 5. The highest BCUT2D eigenvalue weighted by Crippen LogP contribution is 2.31. The van der Waals surface area contributed by atoms with Crippen LogP contribution in [-0.4, -0.2) is 49.9 Å². The molecular weight excluding hydrogens is 420 g/mol. The first-order valence-electron chi connectivity index (χ1n) is 10.5. The molecule has 8 heteroatoms. The molecule has 2 aromatic heterocycles. The second kappa shape index (κ2) is 8.58. The molecule has 0 radical (unpaired) electrons. The summed E-state index contributed by atoms with van der Waals surface area (Å²) >= 11 is 0. The number of carboxylic acid groups (broad SMARTS) is 1. The molecule has 0 saturated carbocycles. The van der Waals surface area contributed by atoms with Gasteiger partial charge in [-0.25, -0.2) is 14.8 Å². The number of benzene rings is 2. The molecule has 164 valence electrons. The molecule has 8 nitrogen and oxygen atoms in total. The number of fused-ring (bicyclic) bond motifs is 1. The molecule has 0 saturated heterocycles. The van der Waals surface area contributed by atoms with Gasteiger partial charge in [0.05, 0.1) is 11.0 Å². The number of nitrogens with zero attached hydrogens (tertiary/aromatic N) is 3. The maximum Gasteiger partial charge on any atom is 0.407 e. The van der Waals surface area contributed by atoms with E-state index >= 15 is 0 Å². The molecular formula is C25H20N4O4. The summed E-state index contributed by atoms with van der Waals surface area (Å²) < 4.78 is 6.01. The predicted molar refractivity (Wildman–Crippen MR) is 122 cm³/mol. The lowest BCUT2D eigenvalue weighted by atomic mass is 10.0. The Kier molecular flexibility index (Phi) is 5.32. The van der Waals surface area contributed by atoms with Crippen molar-refractivity contribution in [2.24, 2.45) is 0 Å². The van der Waals surface area contributed by atoms with Crippen molar-refractivity contribution in [3.8, 4) is 11.6 Å². The number of para-hydroxylation sites is 2. The maximum absolute atomic E-state index is 12.8. The number of hydrogen-bond acceptors (Lipinski definition) is 5. The van der Waals surface area contributed by atoms with Crippen LogP contribution in [0.3, 0.4) is 0 Å². The van der Waals surface area contributed by atoms with E-state index in [-0.39, 0.29) is 11.6 Å². The molecule has 33 heavy (non-hydrogen) atoms.